The molecule has 1 aromatic carbocycles. The first kappa shape index (κ1) is 16.7. The molecule has 2 heterocycles. The van der Waals surface area contributed by atoms with E-state index in [9.17, 15) is 9.59 Å². The monoisotopic (exact) mass is 407 g/mol. The number of aromatic nitrogens is 2. The molecular weight excluding hydrogens is 394 g/mol. The van der Waals surface area contributed by atoms with E-state index >= 15 is 0 Å². The van der Waals surface area contributed by atoms with Gasteiger partial charge in [0.25, 0.3) is 5.56 Å². The summed E-state index contributed by atoms with van der Waals surface area (Å²) < 4.78 is 7.29. The van der Waals surface area contributed by atoms with Crippen LogP contribution < -0.4 is 11.3 Å². The molecule has 0 aliphatic carbocycles. The van der Waals surface area contributed by atoms with Crippen LogP contribution in [0.2, 0.25) is 0 Å². The molecule has 0 unspecified atom stereocenters. The number of esters is 1. The Labute approximate surface area is 150 Å². The zero-order valence-corrected chi connectivity index (χ0v) is 15.3. The number of ether oxygens (including phenoxy) is 1. The van der Waals surface area contributed by atoms with Crippen LogP contribution in [0.25, 0.3) is 16.5 Å². The van der Waals surface area contributed by atoms with Crippen LogP contribution >= 0.6 is 27.3 Å². The lowest BCUT2D eigenvalue weighted by atomic mass is 10.2. The van der Waals surface area contributed by atoms with E-state index in [1.54, 1.807) is 43.5 Å². The number of halogens is 1. The maximum atomic E-state index is 12.8. The van der Waals surface area contributed by atoms with E-state index in [-0.39, 0.29) is 22.7 Å². The lowest BCUT2D eigenvalue weighted by molar-refractivity contribution is 0.0371. The van der Waals surface area contributed by atoms with Crippen LogP contribution in [-0.2, 0) is 4.74 Å². The second-order valence-electron chi connectivity index (χ2n) is 5.38. The van der Waals surface area contributed by atoms with Gasteiger partial charge in [-0.15, -0.1) is 11.3 Å². The first-order valence-electron chi connectivity index (χ1n) is 7.15. The number of nitrogens with zero attached hydrogens (tertiary/aromatic N) is 2. The molecule has 24 heavy (non-hydrogen) atoms. The summed E-state index contributed by atoms with van der Waals surface area (Å²) in [6.45, 7) is 3.50. The summed E-state index contributed by atoms with van der Waals surface area (Å²) in [6, 6.07) is 7.03. The Balaban J connectivity index is 2.28. The zero-order valence-electron chi connectivity index (χ0n) is 12.9. The molecule has 124 valence electrons. The second-order valence-corrected chi connectivity index (χ2v) is 7.21. The third-order valence-corrected chi connectivity index (χ3v) is 4.63. The van der Waals surface area contributed by atoms with Crippen LogP contribution in [0.3, 0.4) is 0 Å². The molecule has 0 spiro atoms. The molecule has 0 saturated heterocycles. The highest BCUT2D eigenvalue weighted by atomic mass is 79.9. The number of fused-ring (bicyclic) bond motifs is 1. The molecule has 0 aliphatic rings. The van der Waals surface area contributed by atoms with Crippen LogP contribution in [0.15, 0.2) is 38.9 Å². The molecule has 0 amide bonds. The van der Waals surface area contributed by atoms with Crippen molar-refractivity contribution in [1.29, 1.82) is 0 Å². The van der Waals surface area contributed by atoms with Gasteiger partial charge in [0.2, 0.25) is 0 Å². The van der Waals surface area contributed by atoms with Crippen molar-refractivity contribution in [3.8, 4) is 5.69 Å². The average molecular weight is 408 g/mol. The molecule has 0 aliphatic heterocycles. The van der Waals surface area contributed by atoms with Crippen molar-refractivity contribution in [2.45, 2.75) is 20.0 Å². The third kappa shape index (κ3) is 2.94. The van der Waals surface area contributed by atoms with Crippen LogP contribution in [0, 0.1) is 0 Å². The summed E-state index contributed by atoms with van der Waals surface area (Å²) in [5.74, 6) is -0.585. The van der Waals surface area contributed by atoms with Crippen molar-refractivity contribution in [3.05, 3.63) is 50.2 Å². The third-order valence-electron chi connectivity index (χ3n) is 3.29. The van der Waals surface area contributed by atoms with E-state index in [0.29, 0.717) is 16.1 Å². The number of hydrogen-bond donors (Lipinski definition) is 1. The molecule has 3 aromatic rings. The Morgan fingerprint density at radius 3 is 2.62 bits per heavy atom. The number of thiophene rings is 1. The Bertz CT molecular complexity index is 977. The first-order chi connectivity index (χ1) is 11.4. The van der Waals surface area contributed by atoms with Crippen molar-refractivity contribution in [2.75, 3.05) is 5.73 Å². The number of carbonyl (C=O) groups is 1. The van der Waals surface area contributed by atoms with E-state index in [2.05, 4.69) is 21.0 Å². The Hall–Kier alpha value is -2.19. The average Bonchev–Trinajstić information content (AvgIpc) is 2.90. The van der Waals surface area contributed by atoms with Gasteiger partial charge in [0.05, 0.1) is 22.2 Å². The zero-order chi connectivity index (χ0) is 17.4. The molecule has 8 heteroatoms. The van der Waals surface area contributed by atoms with Crippen molar-refractivity contribution in [3.63, 3.8) is 0 Å². The van der Waals surface area contributed by atoms with Crippen molar-refractivity contribution >= 4 is 49.0 Å². The Morgan fingerprint density at radius 2 is 2.00 bits per heavy atom. The minimum atomic E-state index is -0.585. The van der Waals surface area contributed by atoms with Crippen molar-refractivity contribution in [2.24, 2.45) is 0 Å². The van der Waals surface area contributed by atoms with Crippen LogP contribution in [0.4, 0.5) is 5.00 Å². The van der Waals surface area contributed by atoms with Gasteiger partial charge in [-0.3, -0.25) is 4.79 Å². The standard InChI is InChI=1S/C16H14BrN3O3S/c1-8(2)23-16(22)13-11-7-24-14(18)12(11)15(21)20(19-13)10-5-3-9(17)4-6-10/h3-8H,18H2,1-2H3. The highest BCUT2D eigenvalue weighted by molar-refractivity contribution is 9.10. The Kier molecular flexibility index (Phi) is 4.42. The van der Waals surface area contributed by atoms with Crippen molar-refractivity contribution < 1.29 is 9.53 Å². The molecule has 0 bridgehead atoms. The summed E-state index contributed by atoms with van der Waals surface area (Å²) in [7, 11) is 0. The number of benzene rings is 1. The summed E-state index contributed by atoms with van der Waals surface area (Å²) in [5.41, 5.74) is 6.18. The van der Waals surface area contributed by atoms with Gasteiger partial charge >= 0.3 is 5.97 Å². The molecular formula is C16H14BrN3O3S. The number of nitrogens with two attached hydrogens (primary N) is 1. The summed E-state index contributed by atoms with van der Waals surface area (Å²) in [6.07, 6.45) is -0.293. The van der Waals surface area contributed by atoms with Gasteiger partial charge in [0.1, 0.15) is 0 Å². The minimum absolute atomic E-state index is 0.0779. The SMILES string of the molecule is CC(C)OC(=O)c1nn(-c2ccc(Br)cc2)c(=O)c2c(N)scc12. The molecule has 2 aromatic heterocycles. The first-order valence-corrected chi connectivity index (χ1v) is 8.82. The predicted octanol–water partition coefficient (Wildman–Crippen LogP) is 3.36. The largest absolute Gasteiger partial charge is 0.458 e. The lowest BCUT2D eigenvalue weighted by Gasteiger charge is -2.11. The van der Waals surface area contributed by atoms with E-state index in [1.165, 1.54) is 16.0 Å². The minimum Gasteiger partial charge on any atom is -0.458 e. The number of anilines is 1. The van der Waals surface area contributed by atoms with Gasteiger partial charge in [-0.05, 0) is 38.1 Å². The number of rotatable bonds is 3. The van der Waals surface area contributed by atoms with Crippen LogP contribution in [0.5, 0.6) is 0 Å². The molecule has 0 fully saturated rings. The maximum Gasteiger partial charge on any atom is 0.359 e. The van der Waals surface area contributed by atoms with Crippen LogP contribution in [-0.4, -0.2) is 21.9 Å². The van der Waals surface area contributed by atoms with E-state index in [0.717, 1.165) is 4.47 Å². The summed E-state index contributed by atoms with van der Waals surface area (Å²) in [4.78, 5) is 25.1. The van der Waals surface area contributed by atoms with Gasteiger partial charge in [0.15, 0.2) is 5.69 Å². The second kappa shape index (κ2) is 6.37. The smallest absolute Gasteiger partial charge is 0.359 e. The predicted molar refractivity (Wildman–Crippen MR) is 97.9 cm³/mol. The fourth-order valence-corrected chi connectivity index (χ4v) is 3.30. The highest BCUT2D eigenvalue weighted by Crippen LogP contribution is 2.28. The van der Waals surface area contributed by atoms with Gasteiger partial charge in [-0.1, -0.05) is 15.9 Å². The number of hydrogen-bond acceptors (Lipinski definition) is 6. The van der Waals surface area contributed by atoms with Crippen LogP contribution in [0.1, 0.15) is 24.3 Å². The molecule has 2 N–H and O–H groups in total. The van der Waals surface area contributed by atoms with Crippen molar-refractivity contribution in [1.82, 2.24) is 9.78 Å². The summed E-state index contributed by atoms with van der Waals surface area (Å²) in [5, 5.41) is 6.94. The van der Waals surface area contributed by atoms with E-state index in [1.807, 2.05) is 0 Å². The lowest BCUT2D eigenvalue weighted by Crippen LogP contribution is -2.25. The normalized spacial score (nSPS) is 11.2. The molecule has 0 radical (unpaired) electrons. The fraction of sp³-hybridized carbons (Fsp3) is 0.188. The number of nitrogen functional groups attached to an aromatic ring is 1. The highest BCUT2D eigenvalue weighted by Gasteiger charge is 2.22. The van der Waals surface area contributed by atoms with Gasteiger partial charge < -0.3 is 10.5 Å². The van der Waals surface area contributed by atoms with E-state index in [4.69, 9.17) is 10.5 Å². The molecule has 0 saturated carbocycles. The molecule has 0 atom stereocenters. The van der Waals surface area contributed by atoms with Gasteiger partial charge in [0, 0.05) is 15.2 Å². The fourth-order valence-electron chi connectivity index (χ4n) is 2.25. The Morgan fingerprint density at radius 1 is 1.33 bits per heavy atom. The molecule has 6 nitrogen and oxygen atoms in total. The van der Waals surface area contributed by atoms with E-state index < -0.39 is 5.97 Å². The van der Waals surface area contributed by atoms with Gasteiger partial charge in [-0.2, -0.15) is 9.78 Å². The molecule has 3 rings (SSSR count). The summed E-state index contributed by atoms with van der Waals surface area (Å²) >= 11 is 4.54. The quantitative estimate of drug-likeness (QED) is 0.672. The van der Waals surface area contributed by atoms with Gasteiger partial charge in [-0.25, -0.2) is 4.79 Å². The topological polar surface area (TPSA) is 87.2 Å². The maximum absolute atomic E-state index is 12.8. The number of carbonyl (C=O) groups excluding carboxylic acids is 1.